The Hall–Kier alpha value is -1.86. The van der Waals surface area contributed by atoms with E-state index in [4.69, 9.17) is 11.0 Å². The summed E-state index contributed by atoms with van der Waals surface area (Å²) in [6.45, 7) is 4.69. The summed E-state index contributed by atoms with van der Waals surface area (Å²) < 4.78 is 0. The summed E-state index contributed by atoms with van der Waals surface area (Å²) in [5.74, 6) is -0.0742. The summed E-state index contributed by atoms with van der Waals surface area (Å²) in [5.41, 5.74) is 7.13. The molecule has 0 saturated heterocycles. The van der Waals surface area contributed by atoms with E-state index in [9.17, 15) is 4.79 Å². The zero-order chi connectivity index (χ0) is 12.8. The van der Waals surface area contributed by atoms with E-state index in [-0.39, 0.29) is 5.91 Å². The third-order valence-electron chi connectivity index (χ3n) is 2.51. The van der Waals surface area contributed by atoms with Crippen LogP contribution < -0.4 is 5.73 Å². The third kappa shape index (κ3) is 3.58. The maximum absolute atomic E-state index is 11.8. The largest absolute Gasteiger partial charge is 0.337 e. The number of hydrogen-bond acceptors (Lipinski definition) is 3. The normalized spacial score (nSPS) is 11.6. The predicted molar refractivity (Wildman–Crippen MR) is 65.9 cm³/mol. The van der Waals surface area contributed by atoms with Crippen molar-refractivity contribution in [3.05, 3.63) is 35.4 Å². The molecule has 1 atom stereocenters. The number of likely N-dealkylation sites (N-methyl/N-ethyl adjacent to an activating group) is 1. The van der Waals surface area contributed by atoms with Gasteiger partial charge in [-0.2, -0.15) is 5.26 Å². The highest BCUT2D eigenvalue weighted by Gasteiger charge is 2.15. The van der Waals surface area contributed by atoms with Crippen molar-refractivity contribution in [1.82, 2.24) is 4.90 Å². The molecule has 4 heteroatoms. The number of benzene rings is 1. The van der Waals surface area contributed by atoms with Gasteiger partial charge < -0.3 is 10.6 Å². The second kappa shape index (κ2) is 6.02. The van der Waals surface area contributed by atoms with Crippen molar-refractivity contribution < 1.29 is 4.79 Å². The Morgan fingerprint density at radius 1 is 1.59 bits per heavy atom. The van der Waals surface area contributed by atoms with E-state index < -0.39 is 6.04 Å². The molecular weight excluding hydrogens is 214 g/mol. The van der Waals surface area contributed by atoms with Crippen LogP contribution in [0.2, 0.25) is 0 Å². The van der Waals surface area contributed by atoms with Crippen LogP contribution in [0.15, 0.2) is 24.3 Å². The lowest BCUT2D eigenvalue weighted by molar-refractivity contribution is -0.132. The van der Waals surface area contributed by atoms with Gasteiger partial charge in [-0.25, -0.2) is 0 Å². The molecule has 0 aliphatic heterocycles. The molecule has 0 saturated carbocycles. The van der Waals surface area contributed by atoms with Gasteiger partial charge in [-0.3, -0.25) is 4.79 Å². The first-order chi connectivity index (χ1) is 8.08. The Balaban J connectivity index is 2.81. The van der Waals surface area contributed by atoms with Gasteiger partial charge in [-0.05, 0) is 31.5 Å². The van der Waals surface area contributed by atoms with Crippen LogP contribution in [0.3, 0.4) is 0 Å². The van der Waals surface area contributed by atoms with Gasteiger partial charge in [0.1, 0.15) is 0 Å². The molecule has 1 amide bonds. The Kier molecular flexibility index (Phi) is 4.68. The van der Waals surface area contributed by atoms with Crippen molar-refractivity contribution in [3.63, 3.8) is 0 Å². The molecule has 1 rings (SSSR count). The monoisotopic (exact) mass is 231 g/mol. The van der Waals surface area contributed by atoms with Gasteiger partial charge in [0, 0.05) is 13.1 Å². The summed E-state index contributed by atoms with van der Waals surface area (Å²) in [4.78, 5) is 13.5. The summed E-state index contributed by atoms with van der Waals surface area (Å²) in [7, 11) is 0. The van der Waals surface area contributed by atoms with Crippen LogP contribution >= 0.6 is 0 Å². The average Bonchev–Trinajstić information content (AvgIpc) is 2.35. The highest BCUT2D eigenvalue weighted by Crippen LogP contribution is 2.08. The van der Waals surface area contributed by atoms with E-state index in [0.717, 1.165) is 5.56 Å². The molecule has 2 N–H and O–H groups in total. The highest BCUT2D eigenvalue weighted by atomic mass is 16.2. The van der Waals surface area contributed by atoms with Crippen LogP contribution in [0.5, 0.6) is 0 Å². The van der Waals surface area contributed by atoms with E-state index in [2.05, 4.69) is 6.07 Å². The number of amides is 1. The second-order valence-corrected chi connectivity index (χ2v) is 3.95. The van der Waals surface area contributed by atoms with Crippen LogP contribution in [0.1, 0.15) is 25.0 Å². The molecule has 0 unspecified atom stereocenters. The zero-order valence-electron chi connectivity index (χ0n) is 10.2. The number of carbonyl (C=O) groups is 1. The van der Waals surface area contributed by atoms with E-state index >= 15 is 0 Å². The van der Waals surface area contributed by atoms with Crippen molar-refractivity contribution in [2.45, 2.75) is 26.4 Å². The maximum Gasteiger partial charge on any atom is 0.239 e. The number of rotatable bonds is 4. The number of hydrogen-bond donors (Lipinski definition) is 1. The van der Waals surface area contributed by atoms with Crippen LogP contribution in [-0.4, -0.2) is 23.4 Å². The van der Waals surface area contributed by atoms with Crippen molar-refractivity contribution in [3.8, 4) is 6.07 Å². The predicted octanol–water partition coefficient (Wildman–Crippen LogP) is 1.25. The molecule has 17 heavy (non-hydrogen) atoms. The van der Waals surface area contributed by atoms with Gasteiger partial charge in [0.15, 0.2) is 0 Å². The molecule has 0 aromatic heterocycles. The fourth-order valence-electron chi connectivity index (χ4n) is 1.59. The standard InChI is InChI=1S/C13H17N3O/c1-3-16(13(17)10(2)15)9-12-6-4-5-11(7-12)8-14/h4-7,10H,3,9,15H2,1-2H3/t10-/m0/s1. The van der Waals surface area contributed by atoms with Gasteiger partial charge in [0.05, 0.1) is 17.7 Å². The zero-order valence-corrected chi connectivity index (χ0v) is 10.2. The molecule has 1 aromatic carbocycles. The molecule has 0 radical (unpaired) electrons. The van der Waals surface area contributed by atoms with Gasteiger partial charge in [0.2, 0.25) is 5.91 Å². The first-order valence-corrected chi connectivity index (χ1v) is 5.62. The minimum Gasteiger partial charge on any atom is -0.337 e. The Labute approximate surface area is 102 Å². The van der Waals surface area contributed by atoms with Gasteiger partial charge >= 0.3 is 0 Å². The van der Waals surface area contributed by atoms with Crippen LogP contribution in [0.25, 0.3) is 0 Å². The first-order valence-electron chi connectivity index (χ1n) is 5.62. The molecule has 0 aliphatic carbocycles. The maximum atomic E-state index is 11.8. The third-order valence-corrected chi connectivity index (χ3v) is 2.51. The van der Waals surface area contributed by atoms with Crippen LogP contribution in [0.4, 0.5) is 0 Å². The summed E-state index contributed by atoms with van der Waals surface area (Å²) >= 11 is 0. The van der Waals surface area contributed by atoms with Crippen molar-refractivity contribution in [2.24, 2.45) is 5.73 Å². The second-order valence-electron chi connectivity index (χ2n) is 3.95. The van der Waals surface area contributed by atoms with Crippen molar-refractivity contribution in [1.29, 1.82) is 5.26 Å². The molecule has 4 nitrogen and oxygen atoms in total. The van der Waals surface area contributed by atoms with E-state index in [1.165, 1.54) is 0 Å². The summed E-state index contributed by atoms with van der Waals surface area (Å²) in [6.07, 6.45) is 0. The lowest BCUT2D eigenvalue weighted by Crippen LogP contribution is -2.41. The molecule has 0 fully saturated rings. The van der Waals surface area contributed by atoms with Crippen LogP contribution in [-0.2, 0) is 11.3 Å². The highest BCUT2D eigenvalue weighted by molar-refractivity contribution is 5.81. The fourth-order valence-corrected chi connectivity index (χ4v) is 1.59. The lowest BCUT2D eigenvalue weighted by atomic mass is 10.1. The minimum atomic E-state index is -0.492. The molecule has 0 bridgehead atoms. The van der Waals surface area contributed by atoms with Gasteiger partial charge in [0.25, 0.3) is 0 Å². The lowest BCUT2D eigenvalue weighted by Gasteiger charge is -2.22. The van der Waals surface area contributed by atoms with E-state index in [0.29, 0.717) is 18.7 Å². The minimum absolute atomic E-state index is 0.0742. The number of carbonyl (C=O) groups excluding carboxylic acids is 1. The first kappa shape index (κ1) is 13.2. The SMILES string of the molecule is CCN(Cc1cccc(C#N)c1)C(=O)[C@H](C)N. The van der Waals surface area contributed by atoms with E-state index in [1.54, 1.807) is 24.0 Å². The van der Waals surface area contributed by atoms with Crippen molar-refractivity contribution in [2.75, 3.05) is 6.54 Å². The number of nitrogens with zero attached hydrogens (tertiary/aromatic N) is 2. The van der Waals surface area contributed by atoms with Gasteiger partial charge in [-0.15, -0.1) is 0 Å². The Morgan fingerprint density at radius 3 is 2.82 bits per heavy atom. The summed E-state index contributed by atoms with van der Waals surface area (Å²) in [5, 5.41) is 8.80. The van der Waals surface area contributed by atoms with Crippen LogP contribution in [0, 0.1) is 11.3 Å². The van der Waals surface area contributed by atoms with Gasteiger partial charge in [-0.1, -0.05) is 12.1 Å². The number of nitriles is 1. The number of nitrogens with two attached hydrogens (primary N) is 1. The molecule has 0 heterocycles. The molecule has 1 aromatic rings. The Bertz CT molecular complexity index is 435. The molecule has 0 aliphatic rings. The Morgan fingerprint density at radius 2 is 2.29 bits per heavy atom. The fraction of sp³-hybridized carbons (Fsp3) is 0.385. The smallest absolute Gasteiger partial charge is 0.239 e. The summed E-state index contributed by atoms with van der Waals surface area (Å²) in [6, 6.07) is 8.84. The molecule has 0 spiro atoms. The molecular formula is C13H17N3O. The van der Waals surface area contributed by atoms with Crippen molar-refractivity contribution >= 4 is 5.91 Å². The topological polar surface area (TPSA) is 70.1 Å². The van der Waals surface area contributed by atoms with E-state index in [1.807, 2.05) is 19.1 Å². The quantitative estimate of drug-likeness (QED) is 0.847. The molecule has 90 valence electrons. The average molecular weight is 231 g/mol.